The zero-order valence-corrected chi connectivity index (χ0v) is 28.6. The molecule has 53 heavy (non-hydrogen) atoms. The second-order valence-electron chi connectivity index (χ2n) is 13.2. The molecule has 248 valence electrons. The van der Waals surface area contributed by atoms with Crippen LogP contribution in [0.5, 0.6) is 0 Å². The van der Waals surface area contributed by atoms with Crippen molar-refractivity contribution in [2.45, 2.75) is 0 Å². The largest absolute Gasteiger partial charge is 0.436 e. The summed E-state index contributed by atoms with van der Waals surface area (Å²) in [6.07, 6.45) is 0. The Morgan fingerprint density at radius 1 is 0.358 bits per heavy atom. The van der Waals surface area contributed by atoms with Gasteiger partial charge in [0.05, 0.1) is 11.4 Å². The van der Waals surface area contributed by atoms with Crippen LogP contribution >= 0.6 is 0 Å². The Balaban J connectivity index is 1.06. The molecule has 4 heteroatoms. The molecule has 0 N–H and O–H groups in total. The van der Waals surface area contributed by atoms with Gasteiger partial charge >= 0.3 is 0 Å². The predicted octanol–water partition coefficient (Wildman–Crippen LogP) is 12.9. The van der Waals surface area contributed by atoms with E-state index in [1.165, 1.54) is 16.2 Å². The van der Waals surface area contributed by atoms with Gasteiger partial charge in [0.1, 0.15) is 5.52 Å². The van der Waals surface area contributed by atoms with E-state index in [0.29, 0.717) is 11.7 Å². The molecule has 0 unspecified atom stereocenters. The lowest BCUT2D eigenvalue weighted by Gasteiger charge is -2.15. The molecular weight excluding hydrogens is 647 g/mol. The summed E-state index contributed by atoms with van der Waals surface area (Å²) < 4.78 is 6.42. The minimum absolute atomic E-state index is 0.617. The van der Waals surface area contributed by atoms with Gasteiger partial charge in [-0.15, -0.1) is 0 Å². The molecule has 4 nitrogen and oxygen atoms in total. The highest BCUT2D eigenvalue weighted by atomic mass is 16.3. The van der Waals surface area contributed by atoms with E-state index in [1.807, 2.05) is 36.4 Å². The fraction of sp³-hybridized carbons (Fsp3) is 0. The summed E-state index contributed by atoms with van der Waals surface area (Å²) in [5.74, 6) is 1.30. The van der Waals surface area contributed by atoms with Gasteiger partial charge in [0.25, 0.3) is 0 Å². The van der Waals surface area contributed by atoms with Crippen LogP contribution in [-0.2, 0) is 0 Å². The minimum Gasteiger partial charge on any atom is -0.436 e. The summed E-state index contributed by atoms with van der Waals surface area (Å²) in [6.45, 7) is 0. The second kappa shape index (κ2) is 12.9. The third kappa shape index (κ3) is 5.73. The Morgan fingerprint density at radius 2 is 0.943 bits per heavy atom. The monoisotopic (exact) mass is 677 g/mol. The smallest absolute Gasteiger partial charge is 0.227 e. The average Bonchev–Trinajstić information content (AvgIpc) is 3.67. The van der Waals surface area contributed by atoms with Gasteiger partial charge in [-0.25, -0.2) is 15.0 Å². The molecule has 10 aromatic rings. The Kier molecular flexibility index (Phi) is 7.43. The molecule has 0 bridgehead atoms. The van der Waals surface area contributed by atoms with E-state index in [4.69, 9.17) is 19.4 Å². The molecule has 0 atom stereocenters. The number of oxazole rings is 1. The van der Waals surface area contributed by atoms with Crippen molar-refractivity contribution in [3.8, 4) is 67.6 Å². The van der Waals surface area contributed by atoms with Gasteiger partial charge < -0.3 is 4.42 Å². The van der Waals surface area contributed by atoms with Crippen LogP contribution in [0.25, 0.3) is 100 Å². The van der Waals surface area contributed by atoms with Crippen LogP contribution in [-0.4, -0.2) is 15.0 Å². The van der Waals surface area contributed by atoms with Crippen molar-refractivity contribution in [3.63, 3.8) is 0 Å². The maximum Gasteiger partial charge on any atom is 0.227 e. The molecule has 0 aliphatic heterocycles. The quantitative estimate of drug-likeness (QED) is 0.176. The van der Waals surface area contributed by atoms with E-state index < -0.39 is 0 Å². The van der Waals surface area contributed by atoms with Gasteiger partial charge in [-0.05, 0) is 74.1 Å². The van der Waals surface area contributed by atoms with E-state index in [9.17, 15) is 0 Å². The summed E-state index contributed by atoms with van der Waals surface area (Å²) >= 11 is 0. The van der Waals surface area contributed by atoms with E-state index >= 15 is 0 Å². The first-order chi connectivity index (χ1) is 26.2. The molecule has 0 aliphatic rings. The molecule has 2 aromatic heterocycles. The van der Waals surface area contributed by atoms with Gasteiger partial charge in [-0.3, -0.25) is 0 Å². The first-order valence-electron chi connectivity index (χ1n) is 17.8. The molecule has 0 aliphatic carbocycles. The molecule has 0 radical (unpaired) electrons. The predicted molar refractivity (Wildman–Crippen MR) is 217 cm³/mol. The number of fused-ring (bicyclic) bond motifs is 3. The van der Waals surface area contributed by atoms with E-state index in [1.54, 1.807) is 0 Å². The van der Waals surface area contributed by atoms with Gasteiger partial charge in [0, 0.05) is 22.3 Å². The normalized spacial score (nSPS) is 11.4. The van der Waals surface area contributed by atoms with Crippen LogP contribution in [0.15, 0.2) is 192 Å². The van der Waals surface area contributed by atoms with Crippen molar-refractivity contribution in [1.82, 2.24) is 15.0 Å². The SMILES string of the molecule is c1ccc(-c2cc(-c3ccccc3)nc(-c3ccc(-c4c(-c5ccc6nc(-c7ccc8ccccc8c7)oc6c5)ccc5ccccc45)cc3)n2)cc1. The Hall–Kier alpha value is -7.17. The van der Waals surface area contributed by atoms with Gasteiger partial charge in [-0.1, -0.05) is 158 Å². The topological polar surface area (TPSA) is 51.8 Å². The average molecular weight is 678 g/mol. The highest BCUT2D eigenvalue weighted by Gasteiger charge is 2.16. The summed E-state index contributed by atoms with van der Waals surface area (Å²) in [5.41, 5.74) is 11.8. The summed E-state index contributed by atoms with van der Waals surface area (Å²) in [7, 11) is 0. The fourth-order valence-corrected chi connectivity index (χ4v) is 7.24. The molecule has 0 amide bonds. The zero-order chi connectivity index (χ0) is 35.1. The minimum atomic E-state index is 0.617. The fourth-order valence-electron chi connectivity index (χ4n) is 7.24. The summed E-state index contributed by atoms with van der Waals surface area (Å²) in [6, 6.07) is 65.2. The van der Waals surface area contributed by atoms with Crippen molar-refractivity contribution in [2.24, 2.45) is 0 Å². The van der Waals surface area contributed by atoms with Crippen molar-refractivity contribution in [3.05, 3.63) is 188 Å². The molecule has 0 saturated heterocycles. The molecular formula is C49H31N3O. The highest BCUT2D eigenvalue weighted by molar-refractivity contribution is 6.05. The Labute approximate surface area is 306 Å². The van der Waals surface area contributed by atoms with Crippen molar-refractivity contribution in [2.75, 3.05) is 0 Å². The molecule has 0 fully saturated rings. The number of aromatic nitrogens is 3. The first-order valence-corrected chi connectivity index (χ1v) is 17.8. The maximum absolute atomic E-state index is 6.42. The number of rotatable bonds is 6. The Bertz CT molecular complexity index is 2870. The highest BCUT2D eigenvalue weighted by Crippen LogP contribution is 2.40. The second-order valence-corrected chi connectivity index (χ2v) is 13.2. The van der Waals surface area contributed by atoms with Gasteiger partial charge in [0.2, 0.25) is 5.89 Å². The summed E-state index contributed by atoms with van der Waals surface area (Å²) in [4.78, 5) is 15.0. The van der Waals surface area contributed by atoms with Crippen LogP contribution in [0, 0.1) is 0 Å². The lowest BCUT2D eigenvalue weighted by atomic mass is 9.89. The number of hydrogen-bond donors (Lipinski definition) is 0. The Morgan fingerprint density at radius 3 is 1.68 bits per heavy atom. The van der Waals surface area contributed by atoms with Crippen molar-refractivity contribution >= 4 is 32.6 Å². The lowest BCUT2D eigenvalue weighted by Crippen LogP contribution is -1.96. The molecule has 2 heterocycles. The summed E-state index contributed by atoms with van der Waals surface area (Å²) in [5, 5.41) is 4.71. The number of benzene rings is 8. The van der Waals surface area contributed by atoms with E-state index in [2.05, 4.69) is 152 Å². The van der Waals surface area contributed by atoms with Gasteiger partial charge in [-0.2, -0.15) is 0 Å². The van der Waals surface area contributed by atoms with E-state index in [0.717, 1.165) is 72.4 Å². The van der Waals surface area contributed by atoms with Crippen LogP contribution in [0.2, 0.25) is 0 Å². The standard InChI is InChI=1S/C49H31N3O/c1-3-13-34(14-4-1)44-31-45(35-15-5-2-6-16-35)51-48(50-44)37-22-20-36(21-23-37)47-41-18-10-9-12-33(41)25-27-42(47)39-26-28-43-46(30-39)53-49(52-43)40-24-19-32-11-7-8-17-38(32)29-40/h1-31H. The third-order valence-electron chi connectivity index (χ3n) is 9.92. The van der Waals surface area contributed by atoms with Crippen LogP contribution < -0.4 is 0 Å². The molecule has 8 aromatic carbocycles. The van der Waals surface area contributed by atoms with Crippen molar-refractivity contribution < 1.29 is 4.42 Å². The number of hydrogen-bond acceptors (Lipinski definition) is 4. The van der Waals surface area contributed by atoms with E-state index in [-0.39, 0.29) is 0 Å². The zero-order valence-electron chi connectivity index (χ0n) is 28.6. The van der Waals surface area contributed by atoms with Crippen molar-refractivity contribution in [1.29, 1.82) is 0 Å². The van der Waals surface area contributed by atoms with Crippen LogP contribution in [0.1, 0.15) is 0 Å². The number of nitrogens with zero attached hydrogens (tertiary/aromatic N) is 3. The maximum atomic E-state index is 6.42. The first kappa shape index (κ1) is 30.6. The van der Waals surface area contributed by atoms with Crippen LogP contribution in [0.4, 0.5) is 0 Å². The lowest BCUT2D eigenvalue weighted by molar-refractivity contribution is 0.620. The molecule has 0 saturated carbocycles. The third-order valence-corrected chi connectivity index (χ3v) is 9.92. The molecule has 10 rings (SSSR count). The van der Waals surface area contributed by atoms with Gasteiger partial charge in [0.15, 0.2) is 11.4 Å². The van der Waals surface area contributed by atoms with Crippen LogP contribution in [0.3, 0.4) is 0 Å². The molecule has 0 spiro atoms.